The van der Waals surface area contributed by atoms with Crippen molar-refractivity contribution in [3.05, 3.63) is 42.0 Å². The molecule has 0 bridgehead atoms. The van der Waals surface area contributed by atoms with Gasteiger partial charge in [-0.3, -0.25) is 5.41 Å². The van der Waals surface area contributed by atoms with Crippen molar-refractivity contribution in [1.82, 2.24) is 10.2 Å². The van der Waals surface area contributed by atoms with Crippen LogP contribution in [0.15, 0.2) is 35.1 Å². The number of nitrogens with zero attached hydrogens (tertiary/aromatic N) is 2. The van der Waals surface area contributed by atoms with Gasteiger partial charge < -0.3 is 14.9 Å². The molecule has 82 valence electrons. The minimum atomic E-state index is -0.107. The minimum Gasteiger partial charge on any atom is -0.468 e. The lowest BCUT2D eigenvalue weighted by Gasteiger charge is -2.06. The summed E-state index contributed by atoms with van der Waals surface area (Å²) in [5, 5.41) is 14.8. The molecule has 0 fully saturated rings. The van der Waals surface area contributed by atoms with Gasteiger partial charge >= 0.3 is 0 Å². The molecule has 0 saturated heterocycles. The van der Waals surface area contributed by atoms with E-state index in [0.29, 0.717) is 11.3 Å². The fraction of sp³-hybridized carbons (Fsp3) is 0.100. The van der Waals surface area contributed by atoms with Crippen molar-refractivity contribution in [2.24, 2.45) is 5.73 Å². The van der Waals surface area contributed by atoms with E-state index in [9.17, 15) is 0 Å². The first kappa shape index (κ1) is 10.2. The van der Waals surface area contributed by atoms with E-state index in [2.05, 4.69) is 10.2 Å². The van der Waals surface area contributed by atoms with Crippen molar-refractivity contribution in [3.63, 3.8) is 0 Å². The van der Waals surface area contributed by atoms with Crippen LogP contribution in [0.2, 0.25) is 0 Å². The Bertz CT molecular complexity index is 481. The van der Waals surface area contributed by atoms with Crippen LogP contribution in [-0.2, 0) is 6.61 Å². The van der Waals surface area contributed by atoms with Crippen molar-refractivity contribution < 1.29 is 9.15 Å². The molecule has 2 rings (SSSR count). The van der Waals surface area contributed by atoms with Gasteiger partial charge in [-0.05, 0) is 18.2 Å². The molecule has 2 aromatic rings. The quantitative estimate of drug-likeness (QED) is 0.587. The number of nitrogens with one attached hydrogen (secondary N) is 1. The third kappa shape index (κ3) is 2.17. The maximum Gasteiger partial charge on any atom is 0.244 e. The first-order valence-electron chi connectivity index (χ1n) is 4.58. The Kier molecular flexibility index (Phi) is 2.81. The second-order valence-electron chi connectivity index (χ2n) is 3.03. The molecular formula is C10H10N4O2. The fourth-order valence-corrected chi connectivity index (χ4v) is 1.16. The van der Waals surface area contributed by atoms with Crippen molar-refractivity contribution in [2.75, 3.05) is 0 Å². The molecule has 2 heterocycles. The van der Waals surface area contributed by atoms with E-state index in [1.807, 2.05) is 0 Å². The molecule has 0 unspecified atom stereocenters. The second kappa shape index (κ2) is 4.43. The maximum atomic E-state index is 7.34. The SMILES string of the molecule is N=C(N)c1ccnnc1OCc1ccco1. The Morgan fingerprint density at radius 2 is 2.38 bits per heavy atom. The van der Waals surface area contributed by atoms with Gasteiger partial charge in [-0.2, -0.15) is 5.10 Å². The lowest BCUT2D eigenvalue weighted by Crippen LogP contribution is -2.14. The molecule has 0 aliphatic rings. The van der Waals surface area contributed by atoms with Gasteiger partial charge in [-0.25, -0.2) is 0 Å². The molecule has 0 aromatic carbocycles. The summed E-state index contributed by atoms with van der Waals surface area (Å²) < 4.78 is 10.5. The molecule has 6 nitrogen and oxygen atoms in total. The summed E-state index contributed by atoms with van der Waals surface area (Å²) in [4.78, 5) is 0. The fourth-order valence-electron chi connectivity index (χ4n) is 1.16. The molecule has 2 aromatic heterocycles. The van der Waals surface area contributed by atoms with Crippen LogP contribution in [0, 0.1) is 5.41 Å². The molecule has 0 saturated carbocycles. The topological polar surface area (TPSA) is 98.0 Å². The Labute approximate surface area is 91.6 Å². The van der Waals surface area contributed by atoms with Crippen LogP contribution in [0.5, 0.6) is 5.88 Å². The third-order valence-electron chi connectivity index (χ3n) is 1.91. The van der Waals surface area contributed by atoms with Crippen LogP contribution in [0.25, 0.3) is 0 Å². The highest BCUT2D eigenvalue weighted by atomic mass is 16.5. The van der Waals surface area contributed by atoms with E-state index in [-0.39, 0.29) is 18.3 Å². The molecule has 16 heavy (non-hydrogen) atoms. The molecule has 6 heteroatoms. The molecule has 0 atom stereocenters. The van der Waals surface area contributed by atoms with Crippen LogP contribution in [0.3, 0.4) is 0 Å². The third-order valence-corrected chi connectivity index (χ3v) is 1.91. The summed E-state index contributed by atoms with van der Waals surface area (Å²) in [5.74, 6) is 0.788. The molecular weight excluding hydrogens is 208 g/mol. The lowest BCUT2D eigenvalue weighted by molar-refractivity contribution is 0.257. The smallest absolute Gasteiger partial charge is 0.244 e. The predicted molar refractivity (Wildman–Crippen MR) is 56.1 cm³/mol. The van der Waals surface area contributed by atoms with Crippen LogP contribution < -0.4 is 10.5 Å². The predicted octanol–water partition coefficient (Wildman–Crippen LogP) is 0.933. The average molecular weight is 218 g/mol. The van der Waals surface area contributed by atoms with Gasteiger partial charge in [0.15, 0.2) is 0 Å². The zero-order valence-electron chi connectivity index (χ0n) is 8.38. The van der Waals surface area contributed by atoms with Crippen molar-refractivity contribution in [3.8, 4) is 5.88 Å². The molecule has 0 amide bonds. The highest BCUT2D eigenvalue weighted by molar-refractivity contribution is 5.96. The van der Waals surface area contributed by atoms with Gasteiger partial charge in [0.1, 0.15) is 18.2 Å². The number of amidine groups is 1. The molecule has 0 aliphatic heterocycles. The maximum absolute atomic E-state index is 7.34. The van der Waals surface area contributed by atoms with Crippen LogP contribution in [0.1, 0.15) is 11.3 Å². The first-order chi connectivity index (χ1) is 7.77. The van der Waals surface area contributed by atoms with Gasteiger partial charge in [0.2, 0.25) is 5.88 Å². The Hall–Kier alpha value is -2.37. The Morgan fingerprint density at radius 3 is 3.06 bits per heavy atom. The summed E-state index contributed by atoms with van der Waals surface area (Å²) in [6.07, 6.45) is 3.01. The van der Waals surface area contributed by atoms with E-state index in [1.165, 1.54) is 6.20 Å². The first-order valence-corrected chi connectivity index (χ1v) is 4.58. The van der Waals surface area contributed by atoms with E-state index < -0.39 is 0 Å². The van der Waals surface area contributed by atoms with Gasteiger partial charge in [0.05, 0.1) is 18.0 Å². The van der Waals surface area contributed by atoms with E-state index in [1.54, 1.807) is 24.5 Å². The number of hydrogen-bond donors (Lipinski definition) is 2. The second-order valence-corrected chi connectivity index (χ2v) is 3.03. The van der Waals surface area contributed by atoms with Gasteiger partial charge in [0, 0.05) is 0 Å². The summed E-state index contributed by atoms with van der Waals surface area (Å²) in [5.41, 5.74) is 5.79. The summed E-state index contributed by atoms with van der Waals surface area (Å²) in [7, 11) is 0. The highest BCUT2D eigenvalue weighted by Gasteiger charge is 2.08. The number of nitrogen functional groups attached to an aromatic ring is 1. The number of ether oxygens (including phenoxy) is 1. The zero-order chi connectivity index (χ0) is 11.4. The summed E-state index contributed by atoms with van der Waals surface area (Å²) in [6.45, 7) is 0.228. The number of furan rings is 1. The van der Waals surface area contributed by atoms with Crippen LogP contribution in [0.4, 0.5) is 0 Å². The zero-order valence-corrected chi connectivity index (χ0v) is 8.38. The van der Waals surface area contributed by atoms with Gasteiger partial charge in [0.25, 0.3) is 0 Å². The van der Waals surface area contributed by atoms with Crippen molar-refractivity contribution in [2.45, 2.75) is 6.61 Å². The minimum absolute atomic E-state index is 0.107. The van der Waals surface area contributed by atoms with Gasteiger partial charge in [-0.15, -0.1) is 5.10 Å². The normalized spacial score (nSPS) is 10.0. The number of rotatable bonds is 4. The van der Waals surface area contributed by atoms with Crippen molar-refractivity contribution in [1.29, 1.82) is 5.41 Å². The van der Waals surface area contributed by atoms with E-state index >= 15 is 0 Å². The Morgan fingerprint density at radius 1 is 1.50 bits per heavy atom. The summed E-state index contributed by atoms with van der Waals surface area (Å²) >= 11 is 0. The molecule has 0 aliphatic carbocycles. The number of aromatic nitrogens is 2. The average Bonchev–Trinajstić information content (AvgIpc) is 2.79. The van der Waals surface area contributed by atoms with E-state index in [0.717, 1.165) is 0 Å². The summed E-state index contributed by atoms with van der Waals surface area (Å²) in [6, 6.07) is 5.12. The standard InChI is InChI=1S/C10H10N4O2/c11-9(12)8-3-4-13-14-10(8)16-6-7-2-1-5-15-7/h1-5H,6H2,(H3,11,12). The monoisotopic (exact) mass is 218 g/mol. The van der Waals surface area contributed by atoms with Gasteiger partial charge in [-0.1, -0.05) is 0 Å². The number of nitrogens with two attached hydrogens (primary N) is 1. The molecule has 0 spiro atoms. The van der Waals surface area contributed by atoms with Crippen LogP contribution >= 0.6 is 0 Å². The number of hydrogen-bond acceptors (Lipinski definition) is 5. The van der Waals surface area contributed by atoms with Crippen molar-refractivity contribution >= 4 is 5.84 Å². The molecule has 0 radical (unpaired) electrons. The largest absolute Gasteiger partial charge is 0.468 e. The lowest BCUT2D eigenvalue weighted by atomic mass is 10.3. The van der Waals surface area contributed by atoms with E-state index in [4.69, 9.17) is 20.3 Å². The molecule has 3 N–H and O–H groups in total. The Balaban J connectivity index is 2.12. The van der Waals surface area contributed by atoms with Crippen LogP contribution in [-0.4, -0.2) is 16.0 Å². The highest BCUT2D eigenvalue weighted by Crippen LogP contribution is 2.14.